The van der Waals surface area contributed by atoms with Gasteiger partial charge in [-0.3, -0.25) is 25.2 Å². The standard InChI is InChI=1S/C18H15BrFN3O3/c19-13-4-6-15(7-5-13)23-10-12(9-16(23)24)18(26)22-21-17(25)11-2-1-3-14(20)8-11/h1-8,12H,9-10H2,(H,21,25)(H,22,26)/t12-/m0/s1. The van der Waals surface area contributed by atoms with Crippen LogP contribution in [0.5, 0.6) is 0 Å². The lowest BCUT2D eigenvalue weighted by molar-refractivity contribution is -0.126. The van der Waals surface area contributed by atoms with E-state index < -0.39 is 23.5 Å². The first-order chi connectivity index (χ1) is 12.4. The van der Waals surface area contributed by atoms with Gasteiger partial charge < -0.3 is 4.90 Å². The first kappa shape index (κ1) is 18.1. The Hall–Kier alpha value is -2.74. The van der Waals surface area contributed by atoms with Gasteiger partial charge in [-0.25, -0.2) is 4.39 Å². The van der Waals surface area contributed by atoms with Crippen LogP contribution in [0.15, 0.2) is 53.0 Å². The van der Waals surface area contributed by atoms with Crippen molar-refractivity contribution >= 4 is 39.3 Å². The molecule has 0 radical (unpaired) electrons. The van der Waals surface area contributed by atoms with Crippen LogP contribution < -0.4 is 15.8 Å². The molecule has 2 aromatic carbocycles. The van der Waals surface area contributed by atoms with E-state index in [2.05, 4.69) is 26.8 Å². The fourth-order valence-corrected chi connectivity index (χ4v) is 2.94. The molecule has 1 fully saturated rings. The molecule has 3 amide bonds. The second kappa shape index (κ2) is 7.65. The Bertz CT molecular complexity index is 857. The van der Waals surface area contributed by atoms with E-state index in [-0.39, 0.29) is 24.4 Å². The maximum atomic E-state index is 13.1. The van der Waals surface area contributed by atoms with Crippen LogP contribution in [0.25, 0.3) is 0 Å². The third-order valence-corrected chi connectivity index (χ3v) is 4.55. The zero-order valence-corrected chi connectivity index (χ0v) is 15.1. The molecule has 2 aromatic rings. The molecule has 0 spiro atoms. The highest BCUT2D eigenvalue weighted by Gasteiger charge is 2.35. The number of benzene rings is 2. The van der Waals surface area contributed by atoms with Crippen molar-refractivity contribution in [2.24, 2.45) is 5.92 Å². The highest BCUT2D eigenvalue weighted by molar-refractivity contribution is 9.10. The van der Waals surface area contributed by atoms with E-state index in [0.29, 0.717) is 5.69 Å². The number of amides is 3. The van der Waals surface area contributed by atoms with Gasteiger partial charge >= 0.3 is 0 Å². The van der Waals surface area contributed by atoms with Gasteiger partial charge in [0.05, 0.1) is 5.92 Å². The maximum absolute atomic E-state index is 13.1. The van der Waals surface area contributed by atoms with E-state index in [4.69, 9.17) is 0 Å². The first-order valence-electron chi connectivity index (χ1n) is 7.86. The zero-order valence-electron chi connectivity index (χ0n) is 13.5. The highest BCUT2D eigenvalue weighted by Crippen LogP contribution is 2.26. The van der Waals surface area contributed by atoms with E-state index in [1.54, 1.807) is 12.1 Å². The van der Waals surface area contributed by atoms with Gasteiger partial charge in [0, 0.05) is 28.7 Å². The number of hydrazine groups is 1. The summed E-state index contributed by atoms with van der Waals surface area (Å²) in [5.41, 5.74) is 5.33. The smallest absolute Gasteiger partial charge is 0.269 e. The van der Waals surface area contributed by atoms with Crippen molar-refractivity contribution in [3.8, 4) is 0 Å². The van der Waals surface area contributed by atoms with Crippen LogP contribution in [0.1, 0.15) is 16.8 Å². The lowest BCUT2D eigenvalue weighted by Crippen LogP contribution is -2.45. The van der Waals surface area contributed by atoms with Gasteiger partial charge in [0.15, 0.2) is 0 Å². The Morgan fingerprint density at radius 1 is 1.12 bits per heavy atom. The van der Waals surface area contributed by atoms with Crippen LogP contribution in [0.2, 0.25) is 0 Å². The predicted octanol–water partition coefficient (Wildman–Crippen LogP) is 2.40. The molecule has 0 aromatic heterocycles. The molecule has 26 heavy (non-hydrogen) atoms. The molecule has 0 aliphatic carbocycles. The van der Waals surface area contributed by atoms with Gasteiger partial charge in [0.25, 0.3) is 5.91 Å². The highest BCUT2D eigenvalue weighted by atomic mass is 79.9. The number of carbonyl (C=O) groups is 3. The monoisotopic (exact) mass is 419 g/mol. The Labute approximate surface area is 157 Å². The average Bonchev–Trinajstić information content (AvgIpc) is 3.02. The van der Waals surface area contributed by atoms with Crippen molar-refractivity contribution < 1.29 is 18.8 Å². The number of hydrogen-bond acceptors (Lipinski definition) is 3. The molecule has 1 heterocycles. The van der Waals surface area contributed by atoms with E-state index in [1.807, 2.05) is 12.1 Å². The minimum Gasteiger partial charge on any atom is -0.312 e. The molecule has 1 atom stereocenters. The summed E-state index contributed by atoms with van der Waals surface area (Å²) >= 11 is 3.33. The van der Waals surface area contributed by atoms with Crippen molar-refractivity contribution in [1.82, 2.24) is 10.9 Å². The minimum absolute atomic E-state index is 0.0533. The normalized spacial score (nSPS) is 16.5. The molecule has 6 nitrogen and oxygen atoms in total. The van der Waals surface area contributed by atoms with Crippen LogP contribution in [0.3, 0.4) is 0 Å². The Balaban J connectivity index is 1.58. The molecular weight excluding hydrogens is 405 g/mol. The van der Waals surface area contributed by atoms with Gasteiger partial charge in [-0.05, 0) is 42.5 Å². The van der Waals surface area contributed by atoms with Crippen molar-refractivity contribution in [3.63, 3.8) is 0 Å². The SMILES string of the molecule is O=C(NNC(=O)[C@H]1CC(=O)N(c2ccc(Br)cc2)C1)c1cccc(F)c1. The lowest BCUT2D eigenvalue weighted by Gasteiger charge is -2.17. The number of halogens is 2. The summed E-state index contributed by atoms with van der Waals surface area (Å²) in [6, 6.07) is 12.3. The molecule has 134 valence electrons. The largest absolute Gasteiger partial charge is 0.312 e. The van der Waals surface area contributed by atoms with Crippen molar-refractivity contribution in [1.29, 1.82) is 0 Å². The number of hydrogen-bond donors (Lipinski definition) is 2. The van der Waals surface area contributed by atoms with E-state index in [0.717, 1.165) is 10.5 Å². The molecule has 1 aliphatic rings. The van der Waals surface area contributed by atoms with Gasteiger partial charge in [-0.15, -0.1) is 0 Å². The summed E-state index contributed by atoms with van der Waals surface area (Å²) in [5.74, 6) is -2.40. The zero-order chi connectivity index (χ0) is 18.7. The molecule has 0 bridgehead atoms. The summed E-state index contributed by atoms with van der Waals surface area (Å²) in [6.45, 7) is 0.224. The van der Waals surface area contributed by atoms with Gasteiger partial charge in [0.2, 0.25) is 11.8 Å². The Kier molecular flexibility index (Phi) is 5.32. The van der Waals surface area contributed by atoms with Crippen LogP contribution >= 0.6 is 15.9 Å². The summed E-state index contributed by atoms with van der Waals surface area (Å²) in [5, 5.41) is 0. The first-order valence-corrected chi connectivity index (χ1v) is 8.65. The topological polar surface area (TPSA) is 78.5 Å². The van der Waals surface area contributed by atoms with Gasteiger partial charge in [0.1, 0.15) is 5.82 Å². The second-order valence-corrected chi connectivity index (χ2v) is 6.75. The average molecular weight is 420 g/mol. The van der Waals surface area contributed by atoms with Crippen molar-refractivity contribution in [2.45, 2.75) is 6.42 Å². The van der Waals surface area contributed by atoms with E-state index in [1.165, 1.54) is 23.1 Å². The summed E-state index contributed by atoms with van der Waals surface area (Å²) in [4.78, 5) is 37.9. The van der Waals surface area contributed by atoms with Gasteiger partial charge in [-0.2, -0.15) is 0 Å². The van der Waals surface area contributed by atoms with Crippen molar-refractivity contribution in [2.75, 3.05) is 11.4 Å². The number of rotatable bonds is 3. The maximum Gasteiger partial charge on any atom is 0.269 e. The quantitative estimate of drug-likeness (QED) is 0.749. The number of carbonyl (C=O) groups excluding carboxylic acids is 3. The molecule has 1 aliphatic heterocycles. The van der Waals surface area contributed by atoms with Crippen LogP contribution in [0, 0.1) is 11.7 Å². The van der Waals surface area contributed by atoms with Crippen LogP contribution in [0.4, 0.5) is 10.1 Å². The molecule has 8 heteroatoms. The van der Waals surface area contributed by atoms with Crippen LogP contribution in [-0.4, -0.2) is 24.3 Å². The Morgan fingerprint density at radius 3 is 2.54 bits per heavy atom. The fourth-order valence-electron chi connectivity index (χ4n) is 2.68. The van der Waals surface area contributed by atoms with E-state index in [9.17, 15) is 18.8 Å². The second-order valence-electron chi connectivity index (χ2n) is 5.84. The van der Waals surface area contributed by atoms with Gasteiger partial charge in [-0.1, -0.05) is 22.0 Å². The van der Waals surface area contributed by atoms with Crippen LogP contribution in [-0.2, 0) is 9.59 Å². The lowest BCUT2D eigenvalue weighted by atomic mass is 10.1. The van der Waals surface area contributed by atoms with Crippen molar-refractivity contribution in [3.05, 3.63) is 64.4 Å². The fraction of sp³-hybridized carbons (Fsp3) is 0.167. The molecule has 1 saturated heterocycles. The summed E-state index contributed by atoms with van der Waals surface area (Å²) < 4.78 is 14.0. The molecule has 0 unspecified atom stereocenters. The number of anilines is 1. The summed E-state index contributed by atoms with van der Waals surface area (Å²) in [7, 11) is 0. The molecular formula is C18H15BrFN3O3. The third kappa shape index (κ3) is 4.08. The number of nitrogens with zero attached hydrogens (tertiary/aromatic N) is 1. The molecule has 0 saturated carbocycles. The molecule has 2 N–H and O–H groups in total. The van der Waals surface area contributed by atoms with E-state index >= 15 is 0 Å². The predicted molar refractivity (Wildman–Crippen MR) is 96.6 cm³/mol. The number of nitrogens with one attached hydrogen (secondary N) is 2. The minimum atomic E-state index is -0.632. The third-order valence-electron chi connectivity index (χ3n) is 4.02. The summed E-state index contributed by atoms with van der Waals surface area (Å²) in [6.07, 6.45) is 0.0533. The Morgan fingerprint density at radius 2 is 1.85 bits per heavy atom. The molecule has 3 rings (SSSR count).